The van der Waals surface area contributed by atoms with Crippen molar-refractivity contribution in [2.24, 2.45) is 0 Å². The van der Waals surface area contributed by atoms with E-state index in [1.54, 1.807) is 6.08 Å². The molecule has 0 aliphatic carbocycles. The number of hydrogen-bond donors (Lipinski definition) is 3. The highest BCUT2D eigenvalue weighted by molar-refractivity contribution is 7.47. The van der Waals surface area contributed by atoms with Crippen LogP contribution in [0.15, 0.2) is 24.3 Å². The van der Waals surface area contributed by atoms with Crippen molar-refractivity contribution in [1.82, 2.24) is 5.32 Å². The van der Waals surface area contributed by atoms with Crippen LogP contribution in [0, 0.1) is 0 Å². The zero-order chi connectivity index (χ0) is 52.0. The topological polar surface area (TPSA) is 105 Å². The van der Waals surface area contributed by atoms with Gasteiger partial charge in [-0.15, -0.1) is 0 Å². The third-order valence-corrected chi connectivity index (χ3v) is 15.4. The van der Waals surface area contributed by atoms with Gasteiger partial charge in [0.1, 0.15) is 13.2 Å². The average Bonchev–Trinajstić information content (AvgIpc) is 3.33. The lowest BCUT2D eigenvalue weighted by atomic mass is 10.0. The van der Waals surface area contributed by atoms with Crippen molar-refractivity contribution < 1.29 is 32.9 Å². The predicted octanol–water partition coefficient (Wildman–Crippen LogP) is 19.2. The summed E-state index contributed by atoms with van der Waals surface area (Å²) in [6.45, 7) is 4.83. The lowest BCUT2D eigenvalue weighted by molar-refractivity contribution is -0.870. The Balaban J connectivity index is 3.80. The summed E-state index contributed by atoms with van der Waals surface area (Å²) in [6.07, 6.45) is 69.1. The van der Waals surface area contributed by atoms with Crippen LogP contribution >= 0.6 is 7.82 Å². The van der Waals surface area contributed by atoms with Crippen molar-refractivity contribution in [1.29, 1.82) is 0 Å². The Bertz CT molecular complexity index is 1210. The van der Waals surface area contributed by atoms with Gasteiger partial charge in [-0.1, -0.05) is 289 Å². The number of allylic oxidation sites excluding steroid dienone is 3. The van der Waals surface area contributed by atoms with Crippen molar-refractivity contribution in [3.8, 4) is 0 Å². The van der Waals surface area contributed by atoms with Crippen LogP contribution in [-0.4, -0.2) is 73.4 Å². The maximum Gasteiger partial charge on any atom is 0.472 e. The minimum Gasteiger partial charge on any atom is -0.387 e. The van der Waals surface area contributed by atoms with Gasteiger partial charge in [0, 0.05) is 6.42 Å². The number of aliphatic hydroxyl groups is 1. The number of quaternary nitrogens is 1. The number of aliphatic hydroxyl groups excluding tert-OH is 1. The Morgan fingerprint density at radius 3 is 1.08 bits per heavy atom. The van der Waals surface area contributed by atoms with Gasteiger partial charge >= 0.3 is 7.82 Å². The Kier molecular flexibility index (Phi) is 53.0. The molecule has 8 nitrogen and oxygen atoms in total. The molecule has 0 aromatic rings. The predicted molar refractivity (Wildman–Crippen MR) is 309 cm³/mol. The molecule has 422 valence electrons. The van der Waals surface area contributed by atoms with Crippen LogP contribution < -0.4 is 5.32 Å². The lowest BCUT2D eigenvalue weighted by Gasteiger charge is -2.25. The van der Waals surface area contributed by atoms with Crippen molar-refractivity contribution in [3.63, 3.8) is 0 Å². The molecule has 3 unspecified atom stereocenters. The molecule has 9 heteroatoms. The van der Waals surface area contributed by atoms with Crippen LogP contribution in [0.1, 0.15) is 316 Å². The number of carbonyl (C=O) groups is 1. The van der Waals surface area contributed by atoms with E-state index in [1.165, 1.54) is 257 Å². The van der Waals surface area contributed by atoms with E-state index in [-0.39, 0.29) is 19.1 Å². The fourth-order valence-electron chi connectivity index (χ4n) is 9.51. The van der Waals surface area contributed by atoms with Gasteiger partial charge in [0.15, 0.2) is 0 Å². The SMILES string of the molecule is CCCCCCCCCC/C=C/C(O)C(COP(=O)(O)OCC[N+](C)(C)C)NC(=O)CCCCCCCCCCCCCCCCCCC/C=C\CCCCCCCCCCCCCCCCCCCC. The van der Waals surface area contributed by atoms with Gasteiger partial charge in [-0.3, -0.25) is 13.8 Å². The first-order valence-electron chi connectivity index (χ1n) is 31.2. The molecule has 0 saturated heterocycles. The highest BCUT2D eigenvalue weighted by Gasteiger charge is 2.27. The Hall–Kier alpha value is -1.02. The normalized spacial score (nSPS) is 14.0. The molecule has 0 radical (unpaired) electrons. The van der Waals surface area contributed by atoms with E-state index >= 15 is 0 Å². The van der Waals surface area contributed by atoms with Crippen molar-refractivity contribution >= 4 is 13.7 Å². The van der Waals surface area contributed by atoms with Crippen LogP contribution in [-0.2, 0) is 18.4 Å². The Labute approximate surface area is 443 Å². The zero-order valence-electron chi connectivity index (χ0n) is 48.2. The number of phosphoric ester groups is 1. The summed E-state index contributed by atoms with van der Waals surface area (Å²) in [7, 11) is 1.58. The molecule has 0 aliphatic rings. The van der Waals surface area contributed by atoms with Gasteiger partial charge < -0.3 is 19.8 Å². The van der Waals surface area contributed by atoms with E-state index in [2.05, 4.69) is 31.3 Å². The number of hydrogen-bond acceptors (Lipinski definition) is 5. The van der Waals surface area contributed by atoms with Gasteiger partial charge in [0.05, 0.1) is 39.9 Å². The van der Waals surface area contributed by atoms with E-state index in [9.17, 15) is 19.4 Å². The van der Waals surface area contributed by atoms with Crippen LogP contribution in [0.4, 0.5) is 0 Å². The van der Waals surface area contributed by atoms with Crippen LogP contribution in [0.25, 0.3) is 0 Å². The van der Waals surface area contributed by atoms with Crippen LogP contribution in [0.2, 0.25) is 0 Å². The third kappa shape index (κ3) is 56.5. The molecule has 0 heterocycles. The number of nitrogens with one attached hydrogen (secondary N) is 1. The van der Waals surface area contributed by atoms with Gasteiger partial charge in [-0.2, -0.15) is 0 Å². The second kappa shape index (κ2) is 53.8. The smallest absolute Gasteiger partial charge is 0.387 e. The van der Waals surface area contributed by atoms with Crippen molar-refractivity contribution in [2.75, 3.05) is 40.9 Å². The zero-order valence-corrected chi connectivity index (χ0v) is 49.1. The molecule has 0 saturated carbocycles. The highest BCUT2D eigenvalue weighted by atomic mass is 31.2. The molecule has 0 rings (SSSR count). The quantitative estimate of drug-likeness (QED) is 0.0243. The number of carbonyl (C=O) groups excluding carboxylic acids is 1. The molecular weight excluding hydrogens is 900 g/mol. The Morgan fingerprint density at radius 2 is 0.761 bits per heavy atom. The summed E-state index contributed by atoms with van der Waals surface area (Å²) in [4.78, 5) is 23.2. The largest absolute Gasteiger partial charge is 0.472 e. The molecule has 3 atom stereocenters. The maximum absolute atomic E-state index is 12.9. The fraction of sp³-hybridized carbons (Fsp3) is 0.919. The van der Waals surface area contributed by atoms with Crippen LogP contribution in [0.5, 0.6) is 0 Å². The molecule has 1 amide bonds. The summed E-state index contributed by atoms with van der Waals surface area (Å²) in [5, 5.41) is 13.8. The summed E-state index contributed by atoms with van der Waals surface area (Å²) < 4.78 is 23.6. The fourth-order valence-corrected chi connectivity index (χ4v) is 10.2. The molecule has 0 fully saturated rings. The minimum atomic E-state index is -4.34. The molecule has 0 aromatic carbocycles. The molecular formula is C62H124N2O6P+. The highest BCUT2D eigenvalue weighted by Crippen LogP contribution is 2.43. The third-order valence-electron chi connectivity index (χ3n) is 14.4. The minimum absolute atomic E-state index is 0.0634. The standard InChI is InChI=1S/C62H123N2O6P/c1-6-8-10-12-14-16-18-19-20-21-22-23-24-25-26-27-28-29-30-31-32-33-34-35-36-37-38-39-40-41-42-43-44-45-46-48-50-52-54-56-62(66)63-60(59-70-71(67,68)69-58-57-64(3,4)5)61(65)55-53-51-49-47-17-15-13-11-9-7-2/h31-32,53,55,60-61,65H,6-30,33-52,54,56-59H2,1-5H3,(H-,63,66,67,68)/p+1/b32-31-,55-53+. The number of likely N-dealkylation sites (N-methyl/N-ethyl adjacent to an activating group) is 1. The van der Waals surface area contributed by atoms with E-state index < -0.39 is 20.0 Å². The summed E-state index contributed by atoms with van der Waals surface area (Å²) in [6, 6.07) is -0.842. The second-order valence-electron chi connectivity index (χ2n) is 22.8. The average molecular weight is 1020 g/mol. The first kappa shape index (κ1) is 70.0. The van der Waals surface area contributed by atoms with E-state index in [4.69, 9.17) is 9.05 Å². The molecule has 0 aromatic heterocycles. The number of unbranched alkanes of at least 4 members (excludes halogenated alkanes) is 43. The van der Waals surface area contributed by atoms with Gasteiger partial charge in [0.2, 0.25) is 5.91 Å². The van der Waals surface area contributed by atoms with E-state index in [1.807, 2.05) is 27.2 Å². The monoisotopic (exact) mass is 1020 g/mol. The van der Waals surface area contributed by atoms with E-state index in [0.29, 0.717) is 17.4 Å². The van der Waals surface area contributed by atoms with Gasteiger partial charge in [-0.05, 0) is 44.9 Å². The summed E-state index contributed by atoms with van der Waals surface area (Å²) >= 11 is 0. The number of nitrogens with zero attached hydrogens (tertiary/aromatic N) is 1. The van der Waals surface area contributed by atoms with Gasteiger partial charge in [-0.25, -0.2) is 4.57 Å². The first-order chi connectivity index (χ1) is 34.5. The maximum atomic E-state index is 12.9. The number of phosphoric acid groups is 1. The van der Waals surface area contributed by atoms with Gasteiger partial charge in [0.25, 0.3) is 0 Å². The number of rotatable bonds is 58. The molecule has 0 aliphatic heterocycles. The van der Waals surface area contributed by atoms with E-state index in [0.717, 1.165) is 38.5 Å². The Morgan fingerprint density at radius 1 is 0.465 bits per heavy atom. The molecule has 0 spiro atoms. The van der Waals surface area contributed by atoms with Crippen LogP contribution in [0.3, 0.4) is 0 Å². The summed E-state index contributed by atoms with van der Waals surface area (Å²) in [5.74, 6) is -0.174. The van der Waals surface area contributed by atoms with Crippen molar-refractivity contribution in [3.05, 3.63) is 24.3 Å². The molecule has 0 bridgehead atoms. The second-order valence-corrected chi connectivity index (χ2v) is 24.2. The molecule has 71 heavy (non-hydrogen) atoms. The lowest BCUT2D eigenvalue weighted by Crippen LogP contribution is -2.45. The van der Waals surface area contributed by atoms with Crippen molar-refractivity contribution in [2.45, 2.75) is 328 Å². The summed E-state index contributed by atoms with van der Waals surface area (Å²) in [5.41, 5.74) is 0. The number of amides is 1. The molecule has 3 N–H and O–H groups in total. The first-order valence-corrected chi connectivity index (χ1v) is 32.7.